The summed E-state index contributed by atoms with van der Waals surface area (Å²) in [6, 6.07) is 25.4. The van der Waals surface area contributed by atoms with Crippen LogP contribution in [0.4, 0.5) is 0 Å². The first-order chi connectivity index (χ1) is 16.2. The molecule has 0 saturated carbocycles. The van der Waals surface area contributed by atoms with Gasteiger partial charge in [0.1, 0.15) is 17.1 Å². The summed E-state index contributed by atoms with van der Waals surface area (Å²) in [6.07, 6.45) is 1.01. The molecule has 0 aliphatic rings. The van der Waals surface area contributed by atoms with Gasteiger partial charge < -0.3 is 14.2 Å². The molecule has 0 radical (unpaired) electrons. The van der Waals surface area contributed by atoms with Crippen LogP contribution in [0.2, 0.25) is 0 Å². The van der Waals surface area contributed by atoms with Crippen molar-refractivity contribution in [2.24, 2.45) is 0 Å². The van der Waals surface area contributed by atoms with Gasteiger partial charge in [0, 0.05) is 29.4 Å². The topological polar surface area (TPSA) is 27.7 Å². The Hall–Kier alpha value is -2.78. The van der Waals surface area contributed by atoms with Crippen LogP contribution in [0.1, 0.15) is 82.1 Å². The van der Waals surface area contributed by atoms with Crippen molar-refractivity contribution in [2.75, 3.05) is 13.7 Å². The Bertz CT molecular complexity index is 959. The van der Waals surface area contributed by atoms with E-state index < -0.39 is 0 Å². The number of hydrogen-bond donors (Lipinski definition) is 0. The molecular weight excluding hydrogens is 420 g/mol. The molecule has 34 heavy (non-hydrogen) atoms. The second kappa shape index (κ2) is 11.6. The van der Waals surface area contributed by atoms with Gasteiger partial charge in [-0.25, -0.2) is 0 Å². The summed E-state index contributed by atoms with van der Waals surface area (Å²) >= 11 is 0. The molecule has 3 rings (SSSR count). The first-order valence-corrected chi connectivity index (χ1v) is 12.3. The van der Waals surface area contributed by atoms with E-state index in [0.29, 0.717) is 6.61 Å². The van der Waals surface area contributed by atoms with Crippen molar-refractivity contribution in [1.29, 1.82) is 0 Å². The van der Waals surface area contributed by atoms with Crippen LogP contribution in [0, 0.1) is 0 Å². The minimum absolute atomic E-state index is 0.149. The average molecular weight is 461 g/mol. The van der Waals surface area contributed by atoms with Crippen molar-refractivity contribution in [1.82, 2.24) is 0 Å². The number of ether oxygens (including phenoxy) is 3. The van der Waals surface area contributed by atoms with E-state index in [-0.39, 0.29) is 23.5 Å². The summed E-state index contributed by atoms with van der Waals surface area (Å²) in [4.78, 5) is 0. The lowest BCUT2D eigenvalue weighted by Crippen LogP contribution is -2.31. The first-order valence-electron chi connectivity index (χ1n) is 12.3. The fraction of sp³-hybridized carbons (Fsp3) is 0.419. The van der Waals surface area contributed by atoms with Gasteiger partial charge in [-0.15, -0.1) is 0 Å². The maximum absolute atomic E-state index is 6.90. The van der Waals surface area contributed by atoms with Crippen LogP contribution in [0.15, 0.2) is 72.8 Å². The molecule has 182 valence electrons. The van der Waals surface area contributed by atoms with E-state index in [4.69, 9.17) is 14.2 Å². The van der Waals surface area contributed by atoms with Crippen LogP contribution in [-0.2, 0) is 4.74 Å². The largest absolute Gasteiger partial charge is 0.497 e. The van der Waals surface area contributed by atoms with Gasteiger partial charge in [-0.05, 0) is 51.0 Å². The van der Waals surface area contributed by atoms with Crippen LogP contribution in [0.3, 0.4) is 0 Å². The molecule has 2 atom stereocenters. The molecule has 0 amide bonds. The predicted octanol–water partition coefficient (Wildman–Crippen LogP) is 7.97. The summed E-state index contributed by atoms with van der Waals surface area (Å²) < 4.78 is 18.5. The zero-order valence-electron chi connectivity index (χ0n) is 21.8. The van der Waals surface area contributed by atoms with Gasteiger partial charge in [-0.1, -0.05) is 74.5 Å². The SMILES string of the molecule is COc1cc(C(C)c2ccccc2)c(OC(C)(C)CCOC(C)C)c(C(C)c2ccccc2)c1. The monoisotopic (exact) mass is 460 g/mol. The fourth-order valence-corrected chi connectivity index (χ4v) is 4.24. The number of hydrogen-bond acceptors (Lipinski definition) is 3. The van der Waals surface area contributed by atoms with Crippen molar-refractivity contribution >= 4 is 0 Å². The molecule has 0 heterocycles. The van der Waals surface area contributed by atoms with Crippen molar-refractivity contribution in [3.63, 3.8) is 0 Å². The molecule has 0 bridgehead atoms. The Morgan fingerprint density at radius 3 is 1.62 bits per heavy atom. The Kier molecular flexibility index (Phi) is 8.79. The molecule has 3 nitrogen and oxygen atoms in total. The molecule has 3 aromatic carbocycles. The molecule has 0 saturated heterocycles. The van der Waals surface area contributed by atoms with Crippen molar-refractivity contribution < 1.29 is 14.2 Å². The molecule has 0 aromatic heterocycles. The molecule has 0 aliphatic carbocycles. The van der Waals surface area contributed by atoms with Gasteiger partial charge in [0.25, 0.3) is 0 Å². The quantitative estimate of drug-likeness (QED) is 0.290. The highest BCUT2D eigenvalue weighted by molar-refractivity contribution is 5.54. The highest BCUT2D eigenvalue weighted by Crippen LogP contribution is 2.44. The zero-order chi connectivity index (χ0) is 24.7. The number of benzene rings is 3. The maximum atomic E-state index is 6.90. The van der Waals surface area contributed by atoms with E-state index in [0.717, 1.165) is 29.0 Å². The molecular formula is C31H40O3. The van der Waals surface area contributed by atoms with Crippen LogP contribution in [0.5, 0.6) is 11.5 Å². The van der Waals surface area contributed by atoms with Crippen LogP contribution < -0.4 is 9.47 Å². The highest BCUT2D eigenvalue weighted by Gasteiger charge is 2.28. The Balaban J connectivity index is 2.11. The number of methoxy groups -OCH3 is 1. The van der Waals surface area contributed by atoms with Crippen molar-refractivity contribution in [3.05, 3.63) is 95.1 Å². The lowest BCUT2D eigenvalue weighted by molar-refractivity contribution is 0.0221. The summed E-state index contributed by atoms with van der Waals surface area (Å²) in [7, 11) is 1.73. The van der Waals surface area contributed by atoms with Gasteiger partial charge in [-0.2, -0.15) is 0 Å². The smallest absolute Gasteiger partial charge is 0.127 e. The second-order valence-electron chi connectivity index (χ2n) is 9.93. The van der Waals surface area contributed by atoms with Gasteiger partial charge >= 0.3 is 0 Å². The van der Waals surface area contributed by atoms with Crippen molar-refractivity contribution in [3.8, 4) is 11.5 Å². The third-order valence-electron chi connectivity index (χ3n) is 6.42. The van der Waals surface area contributed by atoms with E-state index in [1.54, 1.807) is 7.11 Å². The first kappa shape index (κ1) is 25.8. The molecule has 0 fully saturated rings. The van der Waals surface area contributed by atoms with E-state index in [2.05, 4.69) is 114 Å². The predicted molar refractivity (Wildman–Crippen MR) is 141 cm³/mol. The van der Waals surface area contributed by atoms with Gasteiger partial charge in [-0.3, -0.25) is 0 Å². The lowest BCUT2D eigenvalue weighted by atomic mass is 9.85. The van der Waals surface area contributed by atoms with E-state index in [9.17, 15) is 0 Å². The molecule has 3 heteroatoms. The maximum Gasteiger partial charge on any atom is 0.127 e. The van der Waals surface area contributed by atoms with E-state index >= 15 is 0 Å². The molecule has 0 aliphatic heterocycles. The Morgan fingerprint density at radius 2 is 1.21 bits per heavy atom. The summed E-state index contributed by atoms with van der Waals surface area (Å²) in [5.74, 6) is 2.10. The van der Waals surface area contributed by atoms with Gasteiger partial charge in [0.2, 0.25) is 0 Å². The van der Waals surface area contributed by atoms with Crippen molar-refractivity contribution in [2.45, 2.75) is 71.5 Å². The number of rotatable bonds is 11. The Labute approximate surface area is 206 Å². The summed E-state index contributed by atoms with van der Waals surface area (Å²) in [5.41, 5.74) is 4.39. The van der Waals surface area contributed by atoms with Crippen LogP contribution in [0.25, 0.3) is 0 Å². The minimum Gasteiger partial charge on any atom is -0.497 e. The van der Waals surface area contributed by atoms with E-state index in [1.807, 2.05) is 0 Å². The standard InChI is InChI=1S/C31H40O3/c1-22(2)33-19-18-31(5,6)34-30-28(23(3)25-14-10-8-11-15-25)20-27(32-7)21-29(30)24(4)26-16-12-9-13-17-26/h8-17,20-24H,18-19H2,1-7H3. The molecule has 0 N–H and O–H groups in total. The van der Waals surface area contributed by atoms with Crippen LogP contribution in [-0.4, -0.2) is 25.4 Å². The summed E-state index contributed by atoms with van der Waals surface area (Å²) in [6.45, 7) is 13.6. The Morgan fingerprint density at radius 1 is 0.735 bits per heavy atom. The van der Waals surface area contributed by atoms with Crippen LogP contribution >= 0.6 is 0 Å². The molecule has 0 spiro atoms. The molecule has 3 aromatic rings. The summed E-state index contributed by atoms with van der Waals surface area (Å²) in [5, 5.41) is 0. The normalized spacial score (nSPS) is 13.5. The van der Waals surface area contributed by atoms with Gasteiger partial charge in [0.15, 0.2) is 0 Å². The highest BCUT2D eigenvalue weighted by atomic mass is 16.5. The third kappa shape index (κ3) is 6.64. The second-order valence-corrected chi connectivity index (χ2v) is 9.93. The third-order valence-corrected chi connectivity index (χ3v) is 6.42. The average Bonchev–Trinajstić information content (AvgIpc) is 2.83. The van der Waals surface area contributed by atoms with Gasteiger partial charge in [0.05, 0.1) is 19.8 Å². The fourth-order valence-electron chi connectivity index (χ4n) is 4.24. The zero-order valence-corrected chi connectivity index (χ0v) is 21.8. The minimum atomic E-state index is -0.389. The molecule has 2 unspecified atom stereocenters. The van der Waals surface area contributed by atoms with E-state index in [1.165, 1.54) is 11.1 Å². The lowest BCUT2D eigenvalue weighted by Gasteiger charge is -2.32.